The summed E-state index contributed by atoms with van der Waals surface area (Å²) in [5, 5.41) is 2.81. The van der Waals surface area contributed by atoms with Crippen molar-refractivity contribution < 1.29 is 17.9 Å². The summed E-state index contributed by atoms with van der Waals surface area (Å²) in [7, 11) is -3.50. The molecule has 1 aliphatic rings. The number of hydrogen-bond donors (Lipinski definition) is 2. The van der Waals surface area contributed by atoms with Crippen molar-refractivity contribution in [3.05, 3.63) is 29.8 Å². The Labute approximate surface area is 137 Å². The molecule has 0 aromatic heterocycles. The van der Waals surface area contributed by atoms with Crippen LogP contribution in [0.2, 0.25) is 0 Å². The van der Waals surface area contributed by atoms with Gasteiger partial charge in [-0.2, -0.15) is 0 Å². The Kier molecular flexibility index (Phi) is 6.56. The normalized spacial score (nSPS) is 18.0. The lowest BCUT2D eigenvalue weighted by molar-refractivity contribution is 0.0857. The number of sulfonamides is 1. The molecule has 7 heteroatoms. The van der Waals surface area contributed by atoms with Crippen LogP contribution in [0.25, 0.3) is 0 Å². The molecule has 0 radical (unpaired) electrons. The van der Waals surface area contributed by atoms with Gasteiger partial charge in [0.25, 0.3) is 5.91 Å². The summed E-state index contributed by atoms with van der Waals surface area (Å²) in [6.07, 6.45) is 3.79. The quantitative estimate of drug-likeness (QED) is 0.705. The van der Waals surface area contributed by atoms with Crippen LogP contribution in [0, 0.1) is 0 Å². The van der Waals surface area contributed by atoms with E-state index in [4.69, 9.17) is 4.74 Å². The van der Waals surface area contributed by atoms with Crippen LogP contribution in [-0.2, 0) is 14.8 Å². The van der Waals surface area contributed by atoms with Gasteiger partial charge in [-0.25, -0.2) is 13.1 Å². The zero-order chi connectivity index (χ0) is 16.7. The van der Waals surface area contributed by atoms with E-state index in [1.54, 1.807) is 0 Å². The number of carbonyl (C=O) groups is 1. The van der Waals surface area contributed by atoms with Crippen molar-refractivity contribution in [1.82, 2.24) is 10.0 Å². The van der Waals surface area contributed by atoms with Crippen molar-refractivity contribution in [3.8, 4) is 0 Å². The molecule has 1 aromatic rings. The number of rotatable bonds is 8. The maximum absolute atomic E-state index is 12.1. The van der Waals surface area contributed by atoms with Crippen molar-refractivity contribution in [1.29, 1.82) is 0 Å². The third-order valence-electron chi connectivity index (χ3n) is 3.76. The summed E-state index contributed by atoms with van der Waals surface area (Å²) in [5.41, 5.74) is 0.440. The predicted molar refractivity (Wildman–Crippen MR) is 87.8 cm³/mol. The fraction of sp³-hybridized carbons (Fsp3) is 0.562. The van der Waals surface area contributed by atoms with Crippen molar-refractivity contribution in [2.75, 3.05) is 19.7 Å². The zero-order valence-electron chi connectivity index (χ0n) is 13.4. The minimum Gasteiger partial charge on any atom is -0.376 e. The highest BCUT2D eigenvalue weighted by Crippen LogP contribution is 2.12. The molecular formula is C16H24N2O4S. The van der Waals surface area contributed by atoms with Crippen molar-refractivity contribution in [2.45, 2.75) is 43.6 Å². The van der Waals surface area contributed by atoms with E-state index in [2.05, 4.69) is 10.0 Å². The Hall–Kier alpha value is -1.44. The highest BCUT2D eigenvalue weighted by Gasteiger charge is 2.17. The molecule has 1 heterocycles. The summed E-state index contributed by atoms with van der Waals surface area (Å²) in [6.45, 7) is 3.65. The minimum atomic E-state index is -3.50. The van der Waals surface area contributed by atoms with E-state index in [9.17, 15) is 13.2 Å². The van der Waals surface area contributed by atoms with Crippen LogP contribution < -0.4 is 10.0 Å². The first-order valence-electron chi connectivity index (χ1n) is 8.02. The number of ether oxygens (including phenoxy) is 1. The SMILES string of the molecule is CCCCNS(=O)(=O)c1ccc(C(=O)NCC2CCCO2)cc1. The Morgan fingerprint density at radius 1 is 1.30 bits per heavy atom. The number of unbranched alkanes of at least 4 members (excludes halogenated alkanes) is 1. The van der Waals surface area contributed by atoms with Crippen molar-refractivity contribution in [2.24, 2.45) is 0 Å². The maximum atomic E-state index is 12.1. The molecule has 2 rings (SSSR count). The highest BCUT2D eigenvalue weighted by molar-refractivity contribution is 7.89. The Bertz CT molecular complexity index is 607. The molecule has 1 saturated heterocycles. The Balaban J connectivity index is 1.91. The van der Waals surface area contributed by atoms with Gasteiger partial charge < -0.3 is 10.1 Å². The summed E-state index contributed by atoms with van der Waals surface area (Å²) in [5.74, 6) is -0.219. The van der Waals surface area contributed by atoms with Crippen LogP contribution >= 0.6 is 0 Å². The third kappa shape index (κ3) is 5.30. The fourth-order valence-corrected chi connectivity index (χ4v) is 3.44. The second-order valence-corrected chi connectivity index (χ2v) is 7.39. The van der Waals surface area contributed by atoms with Gasteiger partial charge in [0.2, 0.25) is 10.0 Å². The molecule has 1 atom stereocenters. The maximum Gasteiger partial charge on any atom is 0.251 e. The van der Waals surface area contributed by atoms with Crippen LogP contribution in [0.1, 0.15) is 43.0 Å². The van der Waals surface area contributed by atoms with Crippen LogP contribution in [0.15, 0.2) is 29.2 Å². The molecule has 0 bridgehead atoms. The molecular weight excluding hydrogens is 316 g/mol. The van der Waals surface area contributed by atoms with E-state index >= 15 is 0 Å². The van der Waals surface area contributed by atoms with Crippen LogP contribution in [0.3, 0.4) is 0 Å². The van der Waals surface area contributed by atoms with E-state index in [1.165, 1.54) is 24.3 Å². The molecule has 6 nitrogen and oxygen atoms in total. The number of nitrogens with one attached hydrogen (secondary N) is 2. The predicted octanol–water partition coefficient (Wildman–Crippen LogP) is 1.67. The zero-order valence-corrected chi connectivity index (χ0v) is 14.2. The first-order chi connectivity index (χ1) is 11.0. The Morgan fingerprint density at radius 3 is 2.65 bits per heavy atom. The topological polar surface area (TPSA) is 84.5 Å². The largest absolute Gasteiger partial charge is 0.376 e. The molecule has 1 fully saturated rings. The molecule has 23 heavy (non-hydrogen) atoms. The van der Waals surface area contributed by atoms with E-state index < -0.39 is 10.0 Å². The van der Waals surface area contributed by atoms with E-state index in [0.717, 1.165) is 32.3 Å². The van der Waals surface area contributed by atoms with Gasteiger partial charge >= 0.3 is 0 Å². The lowest BCUT2D eigenvalue weighted by atomic mass is 10.2. The van der Waals surface area contributed by atoms with Gasteiger partial charge in [0.05, 0.1) is 11.0 Å². The van der Waals surface area contributed by atoms with E-state index in [0.29, 0.717) is 18.7 Å². The van der Waals surface area contributed by atoms with Gasteiger partial charge in [0.15, 0.2) is 0 Å². The minimum absolute atomic E-state index is 0.0846. The number of hydrogen-bond acceptors (Lipinski definition) is 4. The lowest BCUT2D eigenvalue weighted by Gasteiger charge is -2.11. The molecule has 1 aromatic carbocycles. The second kappa shape index (κ2) is 8.42. The summed E-state index contributed by atoms with van der Waals surface area (Å²) < 4.78 is 32.1. The highest BCUT2D eigenvalue weighted by atomic mass is 32.2. The lowest BCUT2D eigenvalue weighted by Crippen LogP contribution is -2.31. The number of amides is 1. The monoisotopic (exact) mass is 340 g/mol. The Morgan fingerprint density at radius 2 is 2.04 bits per heavy atom. The van der Waals surface area contributed by atoms with Crippen LogP contribution in [0.4, 0.5) is 0 Å². The fourth-order valence-electron chi connectivity index (χ4n) is 2.37. The molecule has 128 valence electrons. The van der Waals surface area contributed by atoms with Gasteiger partial charge in [-0.3, -0.25) is 4.79 Å². The molecule has 2 N–H and O–H groups in total. The molecule has 1 aliphatic heterocycles. The van der Waals surface area contributed by atoms with Gasteiger partial charge in [-0.05, 0) is 43.5 Å². The third-order valence-corrected chi connectivity index (χ3v) is 5.24. The van der Waals surface area contributed by atoms with Crippen LogP contribution in [0.5, 0.6) is 0 Å². The standard InChI is InChI=1S/C16H24N2O4S/c1-2-3-10-18-23(20,21)15-8-6-13(7-9-15)16(19)17-12-14-5-4-11-22-14/h6-9,14,18H,2-5,10-12H2,1H3,(H,17,19). The summed E-state index contributed by atoms with van der Waals surface area (Å²) in [6, 6.07) is 5.96. The van der Waals surface area contributed by atoms with E-state index in [-0.39, 0.29) is 16.9 Å². The number of benzene rings is 1. The van der Waals surface area contributed by atoms with Gasteiger partial charge in [0.1, 0.15) is 0 Å². The van der Waals surface area contributed by atoms with Crippen LogP contribution in [-0.4, -0.2) is 40.1 Å². The second-order valence-electron chi connectivity index (χ2n) is 5.62. The smallest absolute Gasteiger partial charge is 0.251 e. The molecule has 0 saturated carbocycles. The van der Waals surface area contributed by atoms with Gasteiger partial charge in [-0.15, -0.1) is 0 Å². The first kappa shape index (κ1) is 17.9. The molecule has 0 aliphatic carbocycles. The summed E-state index contributed by atoms with van der Waals surface area (Å²) in [4.78, 5) is 12.2. The summed E-state index contributed by atoms with van der Waals surface area (Å²) >= 11 is 0. The van der Waals surface area contributed by atoms with Crippen molar-refractivity contribution in [3.63, 3.8) is 0 Å². The van der Waals surface area contributed by atoms with E-state index in [1.807, 2.05) is 6.92 Å². The molecule has 1 unspecified atom stereocenters. The molecule has 0 spiro atoms. The van der Waals surface area contributed by atoms with Gasteiger partial charge in [-0.1, -0.05) is 13.3 Å². The van der Waals surface area contributed by atoms with Crippen molar-refractivity contribution >= 4 is 15.9 Å². The van der Waals surface area contributed by atoms with Gasteiger partial charge in [0, 0.05) is 25.3 Å². The average Bonchev–Trinajstić information content (AvgIpc) is 3.06. The molecule has 1 amide bonds. The first-order valence-corrected chi connectivity index (χ1v) is 9.51. The average molecular weight is 340 g/mol. The number of carbonyl (C=O) groups excluding carboxylic acids is 1.